The van der Waals surface area contributed by atoms with E-state index in [2.05, 4.69) is 224 Å². The molecule has 4 heteroatoms. The summed E-state index contributed by atoms with van der Waals surface area (Å²) in [6.45, 7) is 14.2. The molecule has 282 valence electrons. The Balaban J connectivity index is 1.19. The Kier molecular flexibility index (Phi) is 10.1. The number of benzene rings is 6. The molecule has 0 amide bonds. The summed E-state index contributed by atoms with van der Waals surface area (Å²) in [6, 6.07) is 61.9. The molecule has 0 bridgehead atoms. The van der Waals surface area contributed by atoms with Crippen molar-refractivity contribution in [1.29, 1.82) is 0 Å². The first-order valence-corrected chi connectivity index (χ1v) is 24.1. The molecule has 6 aromatic rings. The number of fused-ring (bicyclic) bond motifs is 2. The van der Waals surface area contributed by atoms with Crippen LogP contribution in [0.2, 0.25) is 10.1 Å². The zero-order valence-electron chi connectivity index (χ0n) is 33.7. The Hall–Kier alpha value is -5.17. The maximum absolute atomic E-state index is 7.84. The highest BCUT2D eigenvalue weighted by Crippen LogP contribution is 2.50. The molecule has 0 spiro atoms. The van der Waals surface area contributed by atoms with Crippen molar-refractivity contribution >= 4 is 49.5 Å². The quantitative estimate of drug-likeness (QED) is 0.122. The second-order valence-electron chi connectivity index (χ2n) is 17.6. The lowest BCUT2D eigenvalue weighted by Crippen LogP contribution is -2.66. The maximum atomic E-state index is 7.84. The topological polar surface area (TPSA) is 18.5 Å². The molecule has 0 saturated carbocycles. The molecule has 0 aromatic heterocycles. The number of rotatable bonds is 11. The van der Waals surface area contributed by atoms with Crippen molar-refractivity contribution in [1.82, 2.24) is 0 Å². The fraction of sp³-hybridized carbons (Fsp3) is 0.231. The van der Waals surface area contributed by atoms with E-state index in [1.165, 1.54) is 43.0 Å². The van der Waals surface area contributed by atoms with Crippen LogP contribution < -0.4 is 20.7 Å². The van der Waals surface area contributed by atoms with Crippen LogP contribution in [0.5, 0.6) is 0 Å². The first-order valence-electron chi connectivity index (χ1n) is 20.2. The Bertz CT molecular complexity index is 2090. The van der Waals surface area contributed by atoms with Gasteiger partial charge in [0.25, 0.3) is 0 Å². The van der Waals surface area contributed by atoms with Crippen molar-refractivity contribution in [2.75, 3.05) is 0 Å². The first-order chi connectivity index (χ1) is 27.0. The second-order valence-corrected chi connectivity index (χ2v) is 26.0. The van der Waals surface area contributed by atoms with Crippen LogP contribution in [0.3, 0.4) is 0 Å². The Labute approximate surface area is 336 Å². The summed E-state index contributed by atoms with van der Waals surface area (Å²) in [5.41, 5.74) is 5.23. The summed E-state index contributed by atoms with van der Waals surface area (Å²) in [6.07, 6.45) is 6.55. The molecule has 2 unspecified atom stereocenters. The van der Waals surface area contributed by atoms with Gasteiger partial charge in [-0.25, -0.2) is 0 Å². The number of allylic oxidation sites excluding steroid dienone is 2. The lowest BCUT2D eigenvalue weighted by atomic mass is 9.88. The molecule has 0 aliphatic heterocycles. The molecule has 56 heavy (non-hydrogen) atoms. The summed E-state index contributed by atoms with van der Waals surface area (Å²) in [5, 5.41) is 4.90. The number of hydrogen-bond acceptors (Lipinski definition) is 2. The van der Waals surface area contributed by atoms with E-state index in [9.17, 15) is 0 Å². The van der Waals surface area contributed by atoms with Gasteiger partial charge in [-0.05, 0) is 78.1 Å². The fourth-order valence-corrected chi connectivity index (χ4v) is 18.5. The minimum absolute atomic E-state index is 0.120. The van der Waals surface area contributed by atoms with E-state index < -0.39 is 16.6 Å². The highest BCUT2D eigenvalue weighted by molar-refractivity contribution is 7.00. The maximum Gasteiger partial charge on any atom is 0.319 e. The largest absolute Gasteiger partial charge is 0.537 e. The van der Waals surface area contributed by atoms with Gasteiger partial charge >= 0.3 is 16.6 Å². The van der Waals surface area contributed by atoms with Gasteiger partial charge in [0.15, 0.2) is 0 Å². The van der Waals surface area contributed by atoms with E-state index in [4.69, 9.17) is 8.85 Å². The lowest BCUT2D eigenvalue weighted by Gasteiger charge is -2.44. The molecule has 2 aliphatic rings. The summed E-state index contributed by atoms with van der Waals surface area (Å²) < 4.78 is 15.7. The molecule has 2 aliphatic carbocycles. The molecular weight excluding hydrogens is 713 g/mol. The average molecular weight is 767 g/mol. The minimum atomic E-state index is -2.85. The van der Waals surface area contributed by atoms with Gasteiger partial charge in [-0.3, -0.25) is 0 Å². The molecule has 2 nitrogen and oxygen atoms in total. The van der Waals surface area contributed by atoms with Gasteiger partial charge in [-0.2, -0.15) is 0 Å². The predicted molar refractivity (Wildman–Crippen MR) is 241 cm³/mol. The van der Waals surface area contributed by atoms with E-state index in [0.717, 1.165) is 24.4 Å². The van der Waals surface area contributed by atoms with Gasteiger partial charge in [0.1, 0.15) is 0 Å². The second kappa shape index (κ2) is 15.1. The van der Waals surface area contributed by atoms with Crippen LogP contribution in [0, 0.1) is 0 Å². The van der Waals surface area contributed by atoms with E-state index in [1.807, 2.05) is 0 Å². The van der Waals surface area contributed by atoms with Gasteiger partial charge in [0, 0.05) is 11.8 Å². The van der Waals surface area contributed by atoms with Crippen molar-refractivity contribution in [3.8, 4) is 0 Å². The zero-order valence-corrected chi connectivity index (χ0v) is 35.7. The molecule has 2 atom stereocenters. The van der Waals surface area contributed by atoms with Crippen LogP contribution in [0.1, 0.15) is 88.5 Å². The van der Waals surface area contributed by atoms with Gasteiger partial charge in [-0.15, -0.1) is 0 Å². The standard InChI is InChI=1S/C52H54O2Si2/c1-51(2,3)55(41-25-11-7-12-26-41,42-27-13-8-14-28-42)53-49-37-39-23-19-21-33-45(39)47(49)35-36-48-46-34-22-20-24-40(46)38-50(48)54-56(52(4,5)6,43-29-15-9-16-30-43)44-31-17-10-18-32-44/h7-34,37-38,47-48H,35-36H2,1-6H3. The van der Waals surface area contributed by atoms with Gasteiger partial charge in [0.05, 0.1) is 11.5 Å². The Morgan fingerprint density at radius 2 is 0.643 bits per heavy atom. The summed E-state index contributed by atoms with van der Waals surface area (Å²) in [5.74, 6) is 2.42. The monoisotopic (exact) mass is 766 g/mol. The molecular formula is C52H54O2Si2. The zero-order chi connectivity index (χ0) is 39.0. The lowest BCUT2D eigenvalue weighted by molar-refractivity contribution is 0.340. The van der Waals surface area contributed by atoms with Crippen LogP contribution in [-0.4, -0.2) is 16.6 Å². The first kappa shape index (κ1) is 37.7. The Morgan fingerprint density at radius 1 is 0.375 bits per heavy atom. The molecule has 8 rings (SSSR count). The minimum Gasteiger partial charge on any atom is -0.537 e. The SMILES string of the molecule is CC(C)(C)[Si](OC1=Cc2ccccc2C1CCC1C(O[Si](c2ccccc2)(c2ccccc2)C(C)(C)C)=Cc2ccccc21)(c1ccccc1)c1ccccc1. The van der Waals surface area contributed by atoms with Crippen LogP contribution in [0.15, 0.2) is 181 Å². The van der Waals surface area contributed by atoms with Crippen LogP contribution in [-0.2, 0) is 8.85 Å². The van der Waals surface area contributed by atoms with Crippen molar-refractivity contribution in [2.45, 2.75) is 76.3 Å². The predicted octanol–water partition coefficient (Wildman–Crippen LogP) is 11.2. The molecule has 0 fully saturated rings. The van der Waals surface area contributed by atoms with E-state index in [1.54, 1.807) is 0 Å². The highest BCUT2D eigenvalue weighted by Gasteiger charge is 2.55. The van der Waals surface area contributed by atoms with Crippen LogP contribution in [0.25, 0.3) is 12.2 Å². The summed E-state index contributed by atoms with van der Waals surface area (Å²) >= 11 is 0. The molecule has 6 aromatic carbocycles. The third-order valence-electron chi connectivity index (χ3n) is 12.1. The van der Waals surface area contributed by atoms with Crippen molar-refractivity contribution in [3.05, 3.63) is 204 Å². The van der Waals surface area contributed by atoms with Crippen LogP contribution in [0.4, 0.5) is 0 Å². The van der Waals surface area contributed by atoms with E-state index in [0.29, 0.717) is 0 Å². The van der Waals surface area contributed by atoms with Crippen LogP contribution >= 0.6 is 0 Å². The molecule has 0 N–H and O–H groups in total. The van der Waals surface area contributed by atoms with Crippen molar-refractivity contribution < 1.29 is 8.85 Å². The number of hydrogen-bond donors (Lipinski definition) is 0. The normalized spacial score (nSPS) is 16.8. The van der Waals surface area contributed by atoms with Gasteiger partial charge in [0.2, 0.25) is 0 Å². The molecule has 0 heterocycles. The summed E-state index contributed by atoms with van der Waals surface area (Å²) in [4.78, 5) is 0. The van der Waals surface area contributed by atoms with E-state index >= 15 is 0 Å². The summed E-state index contributed by atoms with van der Waals surface area (Å²) in [7, 11) is -5.71. The van der Waals surface area contributed by atoms with Crippen molar-refractivity contribution in [2.24, 2.45) is 0 Å². The third kappa shape index (κ3) is 6.63. The third-order valence-corrected chi connectivity index (χ3v) is 22.0. The molecule has 0 radical (unpaired) electrons. The van der Waals surface area contributed by atoms with Gasteiger partial charge in [-0.1, -0.05) is 211 Å². The smallest absolute Gasteiger partial charge is 0.319 e. The van der Waals surface area contributed by atoms with Gasteiger partial charge < -0.3 is 8.85 Å². The van der Waals surface area contributed by atoms with Crippen molar-refractivity contribution in [3.63, 3.8) is 0 Å². The molecule has 0 saturated heterocycles. The highest BCUT2D eigenvalue weighted by atomic mass is 28.4. The Morgan fingerprint density at radius 3 is 0.929 bits per heavy atom. The van der Waals surface area contributed by atoms with E-state index in [-0.39, 0.29) is 21.9 Å². The average Bonchev–Trinajstić information content (AvgIpc) is 3.74. The fourth-order valence-electron chi connectivity index (χ4n) is 9.52.